The van der Waals surface area contributed by atoms with Crippen LogP contribution in [0.4, 0.5) is 5.00 Å². The fourth-order valence-electron chi connectivity index (χ4n) is 2.06. The van der Waals surface area contributed by atoms with Crippen molar-refractivity contribution >= 4 is 39.2 Å². The number of hydrogen-bond donors (Lipinski definition) is 1. The standard InChI is InChI=1S/C17H12N2O4S/c1-10(15(20)19-16-12(9-18)6-7-24-16)22-17(21)14-8-11-4-2-3-5-13(11)23-14/h2-8,10H,1H3,(H,19,20)/t10-/m0/s1. The monoisotopic (exact) mass is 340 g/mol. The van der Waals surface area contributed by atoms with Crippen LogP contribution in [-0.2, 0) is 9.53 Å². The number of esters is 1. The Hall–Kier alpha value is -3.11. The summed E-state index contributed by atoms with van der Waals surface area (Å²) in [6.07, 6.45) is -1.03. The van der Waals surface area contributed by atoms with Crippen LogP contribution in [0.15, 0.2) is 46.2 Å². The number of nitrogens with zero attached hydrogens (tertiary/aromatic N) is 1. The summed E-state index contributed by atoms with van der Waals surface area (Å²) in [4.78, 5) is 24.2. The first-order chi connectivity index (χ1) is 11.6. The van der Waals surface area contributed by atoms with E-state index in [4.69, 9.17) is 14.4 Å². The van der Waals surface area contributed by atoms with Crippen LogP contribution in [0, 0.1) is 11.3 Å². The lowest BCUT2D eigenvalue weighted by Crippen LogP contribution is -2.29. The summed E-state index contributed by atoms with van der Waals surface area (Å²) >= 11 is 1.22. The van der Waals surface area contributed by atoms with Gasteiger partial charge in [0.2, 0.25) is 5.76 Å². The first-order valence-electron chi connectivity index (χ1n) is 7.06. The summed E-state index contributed by atoms with van der Waals surface area (Å²) in [6, 6.07) is 12.3. The number of benzene rings is 1. The molecule has 0 aliphatic carbocycles. The minimum atomic E-state index is -1.03. The molecular weight excluding hydrogens is 328 g/mol. The molecule has 0 unspecified atom stereocenters. The lowest BCUT2D eigenvalue weighted by molar-refractivity contribution is -0.123. The molecule has 1 aromatic carbocycles. The van der Waals surface area contributed by atoms with Crippen molar-refractivity contribution in [3.63, 3.8) is 0 Å². The lowest BCUT2D eigenvalue weighted by atomic mass is 10.2. The Morgan fingerprint density at radius 1 is 1.33 bits per heavy atom. The van der Waals surface area contributed by atoms with Crippen molar-refractivity contribution < 1.29 is 18.7 Å². The maximum Gasteiger partial charge on any atom is 0.375 e. The number of carbonyl (C=O) groups is 2. The highest BCUT2D eigenvalue weighted by molar-refractivity contribution is 7.14. The van der Waals surface area contributed by atoms with Crippen molar-refractivity contribution in [1.29, 1.82) is 5.26 Å². The van der Waals surface area contributed by atoms with Crippen LogP contribution in [-0.4, -0.2) is 18.0 Å². The van der Waals surface area contributed by atoms with Gasteiger partial charge in [-0.3, -0.25) is 4.79 Å². The van der Waals surface area contributed by atoms with Crippen LogP contribution in [0.2, 0.25) is 0 Å². The minimum Gasteiger partial charge on any atom is -0.449 e. The van der Waals surface area contributed by atoms with Crippen molar-refractivity contribution in [2.24, 2.45) is 0 Å². The number of fused-ring (bicyclic) bond motifs is 1. The Balaban J connectivity index is 1.67. The third-order valence-electron chi connectivity index (χ3n) is 3.30. The lowest BCUT2D eigenvalue weighted by Gasteiger charge is -2.11. The molecule has 3 rings (SSSR count). The SMILES string of the molecule is C[C@H](OC(=O)c1cc2ccccc2o1)C(=O)Nc1sccc1C#N. The van der Waals surface area contributed by atoms with Gasteiger partial charge in [0.05, 0.1) is 5.56 Å². The smallest absolute Gasteiger partial charge is 0.375 e. The predicted molar refractivity (Wildman–Crippen MR) is 88.8 cm³/mol. The van der Waals surface area contributed by atoms with E-state index in [0.717, 1.165) is 5.39 Å². The average Bonchev–Trinajstić information content (AvgIpc) is 3.20. The number of rotatable bonds is 4. The second kappa shape index (κ2) is 6.56. The van der Waals surface area contributed by atoms with E-state index in [-0.39, 0.29) is 5.76 Å². The molecule has 2 aromatic heterocycles. The van der Waals surface area contributed by atoms with E-state index < -0.39 is 18.0 Å². The highest BCUT2D eigenvalue weighted by Gasteiger charge is 2.22. The number of anilines is 1. The fourth-order valence-corrected chi connectivity index (χ4v) is 2.80. The molecule has 3 aromatic rings. The van der Waals surface area contributed by atoms with Gasteiger partial charge in [-0.25, -0.2) is 4.79 Å². The maximum atomic E-state index is 12.1. The van der Waals surface area contributed by atoms with E-state index >= 15 is 0 Å². The number of nitrogens with one attached hydrogen (secondary N) is 1. The number of thiophene rings is 1. The second-order valence-electron chi connectivity index (χ2n) is 4.96. The van der Waals surface area contributed by atoms with Gasteiger partial charge in [0, 0.05) is 5.39 Å². The minimum absolute atomic E-state index is 0.0321. The fraction of sp³-hybridized carbons (Fsp3) is 0.118. The molecule has 0 radical (unpaired) electrons. The third-order valence-corrected chi connectivity index (χ3v) is 4.13. The van der Waals surface area contributed by atoms with Crippen LogP contribution in [0.3, 0.4) is 0 Å². The largest absolute Gasteiger partial charge is 0.449 e. The van der Waals surface area contributed by atoms with Crippen molar-refractivity contribution in [1.82, 2.24) is 0 Å². The maximum absolute atomic E-state index is 12.1. The summed E-state index contributed by atoms with van der Waals surface area (Å²) in [5, 5.41) is 14.4. The second-order valence-corrected chi connectivity index (χ2v) is 5.88. The van der Waals surface area contributed by atoms with Gasteiger partial charge in [-0.2, -0.15) is 5.26 Å². The molecule has 0 aliphatic rings. The van der Waals surface area contributed by atoms with Gasteiger partial charge in [0.15, 0.2) is 6.10 Å². The zero-order valence-electron chi connectivity index (χ0n) is 12.6. The Bertz CT molecular complexity index is 918. The molecular formula is C17H12N2O4S. The number of ether oxygens (including phenoxy) is 1. The number of para-hydroxylation sites is 1. The van der Waals surface area contributed by atoms with Crippen LogP contribution in [0.5, 0.6) is 0 Å². The van der Waals surface area contributed by atoms with E-state index in [0.29, 0.717) is 16.1 Å². The summed E-state index contributed by atoms with van der Waals surface area (Å²) in [5.74, 6) is -1.20. The van der Waals surface area contributed by atoms with Crippen LogP contribution in [0.1, 0.15) is 23.0 Å². The van der Waals surface area contributed by atoms with Crippen LogP contribution in [0.25, 0.3) is 11.0 Å². The molecule has 24 heavy (non-hydrogen) atoms. The summed E-state index contributed by atoms with van der Waals surface area (Å²) in [6.45, 7) is 1.45. The molecule has 0 fully saturated rings. The van der Waals surface area contributed by atoms with Gasteiger partial charge in [-0.15, -0.1) is 11.3 Å². The van der Waals surface area contributed by atoms with Crippen molar-refractivity contribution in [2.75, 3.05) is 5.32 Å². The molecule has 1 amide bonds. The Labute approximate surface area is 141 Å². The molecule has 1 N–H and O–H groups in total. The van der Waals surface area contributed by atoms with Crippen molar-refractivity contribution in [3.05, 3.63) is 53.1 Å². The zero-order valence-corrected chi connectivity index (χ0v) is 13.4. The normalized spacial score (nSPS) is 11.7. The molecule has 0 bridgehead atoms. The van der Waals surface area contributed by atoms with E-state index in [1.807, 2.05) is 18.2 Å². The summed E-state index contributed by atoms with van der Waals surface area (Å²) in [5.41, 5.74) is 0.933. The van der Waals surface area contributed by atoms with Crippen LogP contribution >= 0.6 is 11.3 Å². The van der Waals surface area contributed by atoms with Crippen molar-refractivity contribution in [2.45, 2.75) is 13.0 Å². The Morgan fingerprint density at radius 3 is 2.88 bits per heavy atom. The Morgan fingerprint density at radius 2 is 2.12 bits per heavy atom. The van der Waals surface area contributed by atoms with E-state index in [1.165, 1.54) is 18.3 Å². The predicted octanol–water partition coefficient (Wildman–Crippen LogP) is 3.55. The summed E-state index contributed by atoms with van der Waals surface area (Å²) < 4.78 is 10.5. The van der Waals surface area contributed by atoms with Gasteiger partial charge in [-0.1, -0.05) is 18.2 Å². The molecule has 7 heteroatoms. The van der Waals surface area contributed by atoms with Crippen molar-refractivity contribution in [3.8, 4) is 6.07 Å². The number of furan rings is 1. The molecule has 0 spiro atoms. The van der Waals surface area contributed by atoms with Crippen LogP contribution < -0.4 is 5.32 Å². The molecule has 0 saturated carbocycles. The number of nitriles is 1. The third kappa shape index (κ3) is 3.14. The van der Waals surface area contributed by atoms with Gasteiger partial charge in [0.25, 0.3) is 5.91 Å². The Kier molecular flexibility index (Phi) is 4.31. The molecule has 1 atom stereocenters. The van der Waals surface area contributed by atoms with E-state index in [2.05, 4.69) is 5.32 Å². The molecule has 0 saturated heterocycles. The van der Waals surface area contributed by atoms with Gasteiger partial charge in [-0.05, 0) is 30.5 Å². The summed E-state index contributed by atoms with van der Waals surface area (Å²) in [7, 11) is 0. The highest BCUT2D eigenvalue weighted by atomic mass is 32.1. The van der Waals surface area contributed by atoms with E-state index in [9.17, 15) is 9.59 Å². The topological polar surface area (TPSA) is 92.3 Å². The zero-order chi connectivity index (χ0) is 17.1. The number of carbonyl (C=O) groups excluding carboxylic acids is 2. The molecule has 2 heterocycles. The van der Waals surface area contributed by atoms with Gasteiger partial charge < -0.3 is 14.5 Å². The first-order valence-corrected chi connectivity index (χ1v) is 7.94. The highest BCUT2D eigenvalue weighted by Crippen LogP contribution is 2.23. The molecule has 0 aliphatic heterocycles. The molecule has 120 valence electrons. The average molecular weight is 340 g/mol. The molecule has 6 nitrogen and oxygen atoms in total. The first kappa shape index (κ1) is 15.8. The number of hydrogen-bond acceptors (Lipinski definition) is 6. The van der Waals surface area contributed by atoms with E-state index in [1.54, 1.807) is 29.6 Å². The van der Waals surface area contributed by atoms with Gasteiger partial charge >= 0.3 is 5.97 Å². The number of amides is 1. The quantitative estimate of drug-likeness (QED) is 0.733. The van der Waals surface area contributed by atoms with Gasteiger partial charge in [0.1, 0.15) is 16.7 Å².